The number of ether oxygens (including phenoxy) is 3. The number of carbonyl (C=O) groups excluding carboxylic acids is 2. The largest absolute Gasteiger partial charge is 0.507 e. The predicted octanol–water partition coefficient (Wildman–Crippen LogP) is 4.77. The number of hydrogen-bond donors (Lipinski definition) is 1. The number of hydrogen-bond acceptors (Lipinski definition) is 6. The van der Waals surface area contributed by atoms with Crippen LogP contribution in [0.1, 0.15) is 29.7 Å². The summed E-state index contributed by atoms with van der Waals surface area (Å²) in [6.45, 7) is 2.62. The molecule has 0 bridgehead atoms. The van der Waals surface area contributed by atoms with Crippen molar-refractivity contribution in [3.63, 3.8) is 0 Å². The van der Waals surface area contributed by atoms with E-state index < -0.39 is 17.7 Å². The summed E-state index contributed by atoms with van der Waals surface area (Å²) in [5, 5.41) is 11.3. The molecule has 1 saturated heterocycles. The van der Waals surface area contributed by atoms with Gasteiger partial charge in [0.25, 0.3) is 11.7 Å². The van der Waals surface area contributed by atoms with Crippen molar-refractivity contribution >= 4 is 17.4 Å². The number of likely N-dealkylation sites (tertiary alicyclic amines) is 1. The van der Waals surface area contributed by atoms with Crippen molar-refractivity contribution in [1.82, 2.24) is 4.90 Å². The molecule has 7 heteroatoms. The van der Waals surface area contributed by atoms with Crippen molar-refractivity contribution in [2.75, 3.05) is 27.4 Å². The zero-order chi connectivity index (χ0) is 25.7. The zero-order valence-electron chi connectivity index (χ0n) is 20.6. The number of rotatable bonds is 9. The molecular formula is C29H29NO6. The van der Waals surface area contributed by atoms with Crippen molar-refractivity contribution in [2.24, 2.45) is 0 Å². The Morgan fingerprint density at radius 1 is 0.917 bits per heavy atom. The Kier molecular flexibility index (Phi) is 7.59. The number of aliphatic hydroxyl groups excluding tert-OH is 1. The summed E-state index contributed by atoms with van der Waals surface area (Å²) in [4.78, 5) is 28.1. The Balaban J connectivity index is 1.82. The summed E-state index contributed by atoms with van der Waals surface area (Å²) in [6, 6.07) is 21.0. The van der Waals surface area contributed by atoms with Gasteiger partial charge in [0.1, 0.15) is 11.5 Å². The van der Waals surface area contributed by atoms with Gasteiger partial charge >= 0.3 is 0 Å². The van der Waals surface area contributed by atoms with Crippen LogP contribution in [0.2, 0.25) is 0 Å². The minimum Gasteiger partial charge on any atom is -0.507 e. The first-order chi connectivity index (χ1) is 17.5. The fourth-order valence-electron chi connectivity index (χ4n) is 4.43. The van der Waals surface area contributed by atoms with Crippen LogP contribution in [-0.4, -0.2) is 49.1 Å². The second kappa shape index (κ2) is 11.0. The van der Waals surface area contributed by atoms with Gasteiger partial charge in [-0.15, -0.1) is 0 Å². The van der Waals surface area contributed by atoms with Crippen LogP contribution in [0, 0.1) is 0 Å². The third kappa shape index (κ3) is 4.91. The van der Waals surface area contributed by atoms with Gasteiger partial charge in [-0.2, -0.15) is 0 Å². The fourth-order valence-corrected chi connectivity index (χ4v) is 4.43. The molecule has 1 fully saturated rings. The fraction of sp³-hybridized carbons (Fsp3) is 0.241. The number of benzene rings is 3. The number of methoxy groups -OCH3 is 2. The van der Waals surface area contributed by atoms with Gasteiger partial charge in [-0.05, 0) is 48.7 Å². The van der Waals surface area contributed by atoms with Crippen LogP contribution in [0.4, 0.5) is 0 Å². The van der Waals surface area contributed by atoms with Gasteiger partial charge in [-0.25, -0.2) is 0 Å². The Morgan fingerprint density at radius 2 is 1.67 bits per heavy atom. The lowest BCUT2D eigenvalue weighted by Gasteiger charge is -2.26. The van der Waals surface area contributed by atoms with Crippen LogP contribution < -0.4 is 14.2 Å². The summed E-state index contributed by atoms with van der Waals surface area (Å²) in [7, 11) is 3.06. The number of amides is 1. The molecule has 0 aromatic heterocycles. The monoisotopic (exact) mass is 487 g/mol. The molecular weight excluding hydrogens is 458 g/mol. The number of ketones is 1. The van der Waals surface area contributed by atoms with Gasteiger partial charge < -0.3 is 24.2 Å². The Bertz CT molecular complexity index is 1280. The molecule has 0 saturated carbocycles. The van der Waals surface area contributed by atoms with Gasteiger partial charge in [0.05, 0.1) is 32.4 Å². The van der Waals surface area contributed by atoms with E-state index in [9.17, 15) is 14.7 Å². The normalized spacial score (nSPS) is 16.8. The van der Waals surface area contributed by atoms with Gasteiger partial charge in [-0.1, -0.05) is 48.5 Å². The average Bonchev–Trinajstić information content (AvgIpc) is 3.17. The molecule has 1 aliphatic rings. The molecule has 1 aliphatic heterocycles. The van der Waals surface area contributed by atoms with Crippen LogP contribution in [0.3, 0.4) is 0 Å². The van der Waals surface area contributed by atoms with E-state index in [1.807, 2.05) is 37.3 Å². The van der Waals surface area contributed by atoms with Crippen LogP contribution in [0.15, 0.2) is 78.4 Å². The third-order valence-corrected chi connectivity index (χ3v) is 6.17. The minimum absolute atomic E-state index is 0.0222. The standard InChI is InChI=1S/C29H29NO6/c1-4-36-22-12-8-11-21(17-22)27(31)25-26(20-13-14-23(34-2)24(18-20)35-3)30(29(33)28(25)32)16-15-19-9-6-5-7-10-19/h5-14,17-18,26,31H,4,15-16H2,1-3H3/b27-25+. The highest BCUT2D eigenvalue weighted by Crippen LogP contribution is 2.42. The highest BCUT2D eigenvalue weighted by molar-refractivity contribution is 6.46. The minimum atomic E-state index is -0.802. The Morgan fingerprint density at radius 3 is 2.36 bits per heavy atom. The van der Waals surface area contributed by atoms with E-state index in [-0.39, 0.29) is 11.3 Å². The lowest BCUT2D eigenvalue weighted by atomic mass is 9.94. The van der Waals surface area contributed by atoms with Crippen molar-refractivity contribution in [3.8, 4) is 17.2 Å². The Labute approximate surface area is 210 Å². The maximum atomic E-state index is 13.3. The maximum absolute atomic E-state index is 13.3. The molecule has 0 spiro atoms. The molecule has 186 valence electrons. The zero-order valence-corrected chi connectivity index (χ0v) is 20.6. The van der Waals surface area contributed by atoms with E-state index in [0.29, 0.717) is 47.9 Å². The van der Waals surface area contributed by atoms with E-state index >= 15 is 0 Å². The van der Waals surface area contributed by atoms with E-state index in [1.165, 1.54) is 19.1 Å². The van der Waals surface area contributed by atoms with Crippen LogP contribution in [0.5, 0.6) is 17.2 Å². The van der Waals surface area contributed by atoms with Crippen LogP contribution >= 0.6 is 0 Å². The molecule has 7 nitrogen and oxygen atoms in total. The molecule has 0 radical (unpaired) electrons. The Hall–Kier alpha value is -4.26. The number of Topliss-reactive ketones (excluding diaryl/α,β-unsaturated/α-hetero) is 1. The summed E-state index contributed by atoms with van der Waals surface area (Å²) in [5.74, 6) is -0.108. The molecule has 1 N–H and O–H groups in total. The molecule has 0 aliphatic carbocycles. The van der Waals surface area contributed by atoms with Crippen molar-refractivity contribution in [1.29, 1.82) is 0 Å². The first-order valence-electron chi connectivity index (χ1n) is 11.8. The number of nitrogens with zero attached hydrogens (tertiary/aromatic N) is 1. The van der Waals surface area contributed by atoms with E-state index in [4.69, 9.17) is 14.2 Å². The third-order valence-electron chi connectivity index (χ3n) is 6.17. The summed E-state index contributed by atoms with van der Waals surface area (Å²) < 4.78 is 16.4. The quantitative estimate of drug-likeness (QED) is 0.266. The summed E-state index contributed by atoms with van der Waals surface area (Å²) in [6.07, 6.45) is 0.553. The molecule has 1 atom stereocenters. The highest BCUT2D eigenvalue weighted by atomic mass is 16.5. The summed E-state index contributed by atoms with van der Waals surface area (Å²) >= 11 is 0. The lowest BCUT2D eigenvalue weighted by Crippen LogP contribution is -2.31. The molecule has 1 amide bonds. The smallest absolute Gasteiger partial charge is 0.295 e. The molecule has 3 aromatic rings. The number of carbonyl (C=O) groups is 2. The van der Waals surface area contributed by atoms with Gasteiger partial charge in [0, 0.05) is 12.1 Å². The predicted molar refractivity (Wildman–Crippen MR) is 136 cm³/mol. The highest BCUT2D eigenvalue weighted by Gasteiger charge is 2.46. The molecule has 36 heavy (non-hydrogen) atoms. The first kappa shape index (κ1) is 24.9. The van der Waals surface area contributed by atoms with Gasteiger partial charge in [0.15, 0.2) is 11.5 Å². The van der Waals surface area contributed by atoms with Crippen LogP contribution in [0.25, 0.3) is 5.76 Å². The van der Waals surface area contributed by atoms with Crippen molar-refractivity contribution in [2.45, 2.75) is 19.4 Å². The topological polar surface area (TPSA) is 85.3 Å². The maximum Gasteiger partial charge on any atom is 0.295 e. The molecule has 1 unspecified atom stereocenters. The average molecular weight is 488 g/mol. The number of aliphatic hydroxyl groups is 1. The van der Waals surface area contributed by atoms with E-state index in [1.54, 1.807) is 42.5 Å². The van der Waals surface area contributed by atoms with Crippen LogP contribution in [-0.2, 0) is 16.0 Å². The van der Waals surface area contributed by atoms with Gasteiger partial charge in [0.2, 0.25) is 0 Å². The van der Waals surface area contributed by atoms with Gasteiger partial charge in [-0.3, -0.25) is 9.59 Å². The SMILES string of the molecule is CCOc1cccc(/C(O)=C2\C(=O)C(=O)N(CCc3ccccc3)C2c2ccc(OC)c(OC)c2)c1. The lowest BCUT2D eigenvalue weighted by molar-refractivity contribution is -0.139. The summed E-state index contributed by atoms with van der Waals surface area (Å²) in [5.41, 5.74) is 2.08. The van der Waals surface area contributed by atoms with E-state index in [2.05, 4.69) is 0 Å². The van der Waals surface area contributed by atoms with E-state index in [0.717, 1.165) is 5.56 Å². The second-order valence-electron chi connectivity index (χ2n) is 8.30. The first-order valence-corrected chi connectivity index (χ1v) is 11.8. The molecule has 1 heterocycles. The van der Waals surface area contributed by atoms with Crippen molar-refractivity contribution < 1.29 is 28.9 Å². The molecule has 3 aromatic carbocycles. The van der Waals surface area contributed by atoms with Crippen molar-refractivity contribution in [3.05, 3.63) is 95.1 Å². The second-order valence-corrected chi connectivity index (χ2v) is 8.30. The molecule has 4 rings (SSSR count).